The van der Waals surface area contributed by atoms with Gasteiger partial charge in [-0.1, -0.05) is 0 Å². The fourth-order valence-electron chi connectivity index (χ4n) is 1.25. The molecule has 2 atom stereocenters. The van der Waals surface area contributed by atoms with Crippen LogP contribution in [0.2, 0.25) is 0 Å². The maximum atomic E-state index is 11.7. The Morgan fingerprint density at radius 3 is 2.45 bits per heavy atom. The number of amides is 2. The van der Waals surface area contributed by atoms with Gasteiger partial charge < -0.3 is 26.6 Å². The first-order valence-electron chi connectivity index (χ1n) is 5.99. The van der Waals surface area contributed by atoms with Crippen molar-refractivity contribution in [2.75, 3.05) is 12.3 Å². The lowest BCUT2D eigenvalue weighted by Gasteiger charge is -2.16. The van der Waals surface area contributed by atoms with Crippen LogP contribution in [-0.2, 0) is 14.4 Å². The molecule has 0 bridgehead atoms. The van der Waals surface area contributed by atoms with E-state index < -0.39 is 41.5 Å². The van der Waals surface area contributed by atoms with Crippen LogP contribution in [0.1, 0.15) is 12.8 Å². The maximum Gasteiger partial charge on any atom is 0.322 e. The first-order valence-corrected chi connectivity index (χ1v) is 7.34. The van der Waals surface area contributed by atoms with Crippen LogP contribution >= 0.6 is 24.2 Å². The van der Waals surface area contributed by atoms with E-state index >= 15 is 0 Å². The Hall–Kier alpha value is -1.79. The average molecular weight is 352 g/mol. The van der Waals surface area contributed by atoms with Gasteiger partial charge in [0, 0.05) is 28.7 Å². The summed E-state index contributed by atoms with van der Waals surface area (Å²) in [6, 6.07) is -1.96. The van der Waals surface area contributed by atoms with Gasteiger partial charge in [0.15, 0.2) is 5.05 Å². The van der Waals surface area contributed by atoms with Gasteiger partial charge in [0.05, 0.1) is 6.04 Å². The third-order valence-corrected chi connectivity index (χ3v) is 3.25. The molecule has 0 saturated carbocycles. The summed E-state index contributed by atoms with van der Waals surface area (Å²) < 4.78 is 2.51. The molecule has 124 valence electrons. The normalized spacial score (nSPS) is 12.8. The number of hydrogen-bond donors (Lipinski definition) is 5. The Kier molecular flexibility index (Phi) is 9.98. The second kappa shape index (κ2) is 10.9. The standard InChI is InChI=1S/C10H16N4O6S2/c11-5(10(19)21)1-2-7(15)13-6(4-22-14-20)9(18)12-3-8(16)17/h5-6H,1-4,11H2,(H,12,18)(H,13,15)(H,16,17)(H,19,21). The van der Waals surface area contributed by atoms with Crippen LogP contribution in [0.5, 0.6) is 0 Å². The molecule has 0 aliphatic rings. The summed E-state index contributed by atoms with van der Waals surface area (Å²) in [6.07, 6.45) is -0.0343. The van der Waals surface area contributed by atoms with Crippen LogP contribution in [0.4, 0.5) is 0 Å². The van der Waals surface area contributed by atoms with Gasteiger partial charge in [-0.2, -0.15) is 0 Å². The number of nitrogens with zero attached hydrogens (tertiary/aromatic N) is 1. The summed E-state index contributed by atoms with van der Waals surface area (Å²) in [5.74, 6) is -2.71. The van der Waals surface area contributed by atoms with Gasteiger partial charge in [-0.25, -0.2) is 0 Å². The van der Waals surface area contributed by atoms with Gasteiger partial charge in [0.1, 0.15) is 12.6 Å². The van der Waals surface area contributed by atoms with Crippen molar-refractivity contribution in [2.45, 2.75) is 24.9 Å². The predicted molar refractivity (Wildman–Crippen MR) is 83.3 cm³/mol. The van der Waals surface area contributed by atoms with Crippen molar-refractivity contribution in [1.29, 1.82) is 0 Å². The van der Waals surface area contributed by atoms with Gasteiger partial charge in [-0.15, -0.1) is 4.91 Å². The monoisotopic (exact) mass is 352 g/mol. The molecule has 0 aliphatic heterocycles. The lowest BCUT2D eigenvalue weighted by Crippen LogP contribution is -2.49. The van der Waals surface area contributed by atoms with Crippen LogP contribution in [0.25, 0.3) is 0 Å². The molecular weight excluding hydrogens is 336 g/mol. The van der Waals surface area contributed by atoms with Crippen molar-refractivity contribution in [1.82, 2.24) is 10.6 Å². The van der Waals surface area contributed by atoms with Crippen LogP contribution in [0.15, 0.2) is 4.58 Å². The van der Waals surface area contributed by atoms with Gasteiger partial charge in [-0.05, 0) is 18.6 Å². The minimum Gasteiger partial charge on any atom is -0.501 e. The third-order valence-electron chi connectivity index (χ3n) is 2.36. The number of nitrogens with one attached hydrogen (secondary N) is 2. The zero-order chi connectivity index (χ0) is 17.1. The van der Waals surface area contributed by atoms with Gasteiger partial charge in [0.25, 0.3) is 0 Å². The zero-order valence-electron chi connectivity index (χ0n) is 11.4. The summed E-state index contributed by atoms with van der Waals surface area (Å²) in [7, 11) is 0. The predicted octanol–water partition coefficient (Wildman–Crippen LogP) is -0.920. The number of carboxylic acid groups (broad SMARTS) is 1. The Balaban J connectivity index is 4.46. The van der Waals surface area contributed by atoms with Crippen LogP contribution < -0.4 is 16.4 Å². The Morgan fingerprint density at radius 1 is 1.32 bits per heavy atom. The second-order valence-corrected chi connectivity index (χ2v) is 5.24. The van der Waals surface area contributed by atoms with E-state index in [0.29, 0.717) is 11.9 Å². The Bertz CT molecular complexity index is 447. The highest BCUT2D eigenvalue weighted by molar-refractivity contribution is 7.97. The van der Waals surface area contributed by atoms with Gasteiger partial charge in [0.2, 0.25) is 11.8 Å². The molecule has 2 unspecified atom stereocenters. The second-order valence-electron chi connectivity index (χ2n) is 4.09. The molecule has 6 N–H and O–H groups in total. The molecule has 0 spiro atoms. The molecule has 0 aromatic heterocycles. The molecule has 2 amide bonds. The smallest absolute Gasteiger partial charge is 0.322 e. The number of hydrogen-bond acceptors (Lipinski definition) is 8. The Morgan fingerprint density at radius 2 is 1.95 bits per heavy atom. The van der Waals surface area contributed by atoms with E-state index in [4.69, 9.17) is 15.9 Å². The third kappa shape index (κ3) is 9.20. The molecule has 10 nitrogen and oxygen atoms in total. The van der Waals surface area contributed by atoms with Crippen LogP contribution in [0, 0.1) is 4.91 Å². The van der Waals surface area contributed by atoms with E-state index in [1.54, 1.807) is 0 Å². The van der Waals surface area contributed by atoms with Crippen molar-refractivity contribution in [3.05, 3.63) is 4.91 Å². The van der Waals surface area contributed by atoms with E-state index in [1.807, 2.05) is 0 Å². The van der Waals surface area contributed by atoms with Crippen molar-refractivity contribution in [2.24, 2.45) is 10.3 Å². The highest BCUT2D eigenvalue weighted by Gasteiger charge is 2.22. The summed E-state index contributed by atoms with van der Waals surface area (Å²) in [5.41, 5.74) is 5.44. The van der Waals surface area contributed by atoms with E-state index in [-0.39, 0.29) is 18.6 Å². The number of rotatable bonds is 11. The van der Waals surface area contributed by atoms with Crippen LogP contribution in [-0.4, -0.2) is 57.4 Å². The topological polar surface area (TPSA) is 171 Å². The lowest BCUT2D eigenvalue weighted by molar-refractivity contribution is -0.138. The number of thiocarbonyl (C=S) groups is 1. The van der Waals surface area contributed by atoms with E-state index in [2.05, 4.69) is 27.4 Å². The SMILES string of the molecule is NC(CCC(=O)NC(CSN=O)C(=O)NCC(=O)O)C(O)=S. The number of carbonyl (C=O) groups is 3. The zero-order valence-corrected chi connectivity index (χ0v) is 13.0. The first-order chi connectivity index (χ1) is 10.3. The minimum absolute atomic E-state index is 0.0731. The molecule has 22 heavy (non-hydrogen) atoms. The average Bonchev–Trinajstić information content (AvgIpc) is 2.46. The summed E-state index contributed by atoms with van der Waals surface area (Å²) in [4.78, 5) is 43.9. The molecule has 0 radical (unpaired) electrons. The molecule has 12 heteroatoms. The largest absolute Gasteiger partial charge is 0.501 e. The van der Waals surface area contributed by atoms with E-state index in [1.165, 1.54) is 0 Å². The highest BCUT2D eigenvalue weighted by atomic mass is 32.2. The fraction of sp³-hybridized carbons (Fsp3) is 0.600. The quantitative estimate of drug-likeness (QED) is 0.179. The molecule has 0 aliphatic carbocycles. The number of aliphatic hydroxyl groups excluding tert-OH is 1. The molecule has 0 rings (SSSR count). The molecule has 0 aromatic carbocycles. The van der Waals surface area contributed by atoms with Crippen molar-refractivity contribution >= 4 is 47.0 Å². The van der Waals surface area contributed by atoms with Gasteiger partial charge in [-0.3, -0.25) is 14.4 Å². The number of carbonyl (C=O) groups excluding carboxylic acids is 2. The first kappa shape index (κ1) is 20.2. The molecule has 0 heterocycles. The highest BCUT2D eigenvalue weighted by Crippen LogP contribution is 2.05. The number of nitroso groups, excluding NO2 is 1. The summed E-state index contributed by atoms with van der Waals surface area (Å²) in [6.45, 7) is -0.617. The van der Waals surface area contributed by atoms with Crippen molar-refractivity contribution in [3.8, 4) is 0 Å². The van der Waals surface area contributed by atoms with E-state index in [9.17, 15) is 19.3 Å². The lowest BCUT2D eigenvalue weighted by atomic mass is 10.1. The summed E-state index contributed by atoms with van der Waals surface area (Å²) in [5, 5.41) is 21.4. The maximum absolute atomic E-state index is 11.7. The number of carboxylic acids is 1. The number of nitrogens with two attached hydrogens (primary N) is 1. The number of aliphatic hydroxyl groups is 1. The van der Waals surface area contributed by atoms with E-state index in [0.717, 1.165) is 0 Å². The molecule has 0 saturated heterocycles. The van der Waals surface area contributed by atoms with Crippen molar-refractivity contribution in [3.63, 3.8) is 0 Å². The van der Waals surface area contributed by atoms with Crippen molar-refractivity contribution < 1.29 is 24.6 Å². The molecular formula is C10H16N4O6S2. The Labute approximate surface area is 135 Å². The molecule has 0 fully saturated rings. The fourth-order valence-corrected chi connectivity index (χ4v) is 1.81. The summed E-state index contributed by atoms with van der Waals surface area (Å²) >= 11 is 4.96. The van der Waals surface area contributed by atoms with Gasteiger partial charge >= 0.3 is 5.97 Å². The molecule has 0 aromatic rings. The number of aliphatic carboxylic acids is 1. The minimum atomic E-state index is -1.25. The van der Waals surface area contributed by atoms with Crippen LogP contribution in [0.3, 0.4) is 0 Å².